The average Bonchev–Trinajstić information content (AvgIpc) is 3.44. The number of anilines is 1. The topological polar surface area (TPSA) is 91.0 Å². The molecule has 1 fully saturated rings. The van der Waals surface area contributed by atoms with Gasteiger partial charge in [-0.25, -0.2) is 4.68 Å². The Balaban J connectivity index is 1.54. The number of alkyl halides is 2. The van der Waals surface area contributed by atoms with Gasteiger partial charge in [-0.05, 0) is 42.0 Å². The van der Waals surface area contributed by atoms with E-state index in [0.717, 1.165) is 22.2 Å². The molecule has 180 valence electrons. The molecule has 0 unspecified atom stereocenters. The number of benzene rings is 3. The first-order chi connectivity index (χ1) is 17.3. The van der Waals surface area contributed by atoms with Gasteiger partial charge in [-0.2, -0.15) is 19.1 Å². The van der Waals surface area contributed by atoms with Crippen LogP contribution in [0.2, 0.25) is 0 Å². The van der Waals surface area contributed by atoms with E-state index in [1.807, 2.05) is 18.2 Å². The third-order valence-corrected chi connectivity index (χ3v) is 6.23. The molecule has 5 rings (SSSR count). The molecule has 36 heavy (non-hydrogen) atoms. The molecule has 2 heterocycles. The standard InChI is InChI=1S/C27H21F2N5O2/c1-27(28,29)26(36)32-22-14-24(35)33(25(22)18-7-3-2-4-8-18)20-10-11-23-19(13-20)16-31-34(23)21-9-5-6-17(12-21)15-30/h2-13,16,22,25H,14H2,1H3,(H,32,36)/t22-,25+/m1/s1. The van der Waals surface area contributed by atoms with Crippen LogP contribution in [0, 0.1) is 11.3 Å². The van der Waals surface area contributed by atoms with Gasteiger partial charge in [0.25, 0.3) is 5.91 Å². The Bertz CT molecular complexity index is 1500. The number of fused-ring (bicyclic) bond motifs is 1. The second kappa shape index (κ2) is 8.89. The molecule has 7 nitrogen and oxygen atoms in total. The van der Waals surface area contributed by atoms with Crippen molar-refractivity contribution in [1.82, 2.24) is 15.1 Å². The zero-order valence-electron chi connectivity index (χ0n) is 19.2. The van der Waals surface area contributed by atoms with Gasteiger partial charge in [0.15, 0.2) is 0 Å². The van der Waals surface area contributed by atoms with E-state index in [1.54, 1.807) is 70.4 Å². The van der Waals surface area contributed by atoms with E-state index in [2.05, 4.69) is 16.5 Å². The van der Waals surface area contributed by atoms with Gasteiger partial charge in [0.2, 0.25) is 5.91 Å². The number of carbonyl (C=O) groups is 2. The van der Waals surface area contributed by atoms with Crippen LogP contribution in [0.25, 0.3) is 16.6 Å². The zero-order chi connectivity index (χ0) is 25.4. The SMILES string of the molecule is CC(F)(F)C(=O)N[C@@H]1CC(=O)N(c2ccc3c(cnn3-c3cccc(C#N)c3)c2)[C@H]1c1ccccc1. The normalized spacial score (nSPS) is 17.8. The summed E-state index contributed by atoms with van der Waals surface area (Å²) in [7, 11) is 0. The lowest BCUT2D eigenvalue weighted by Crippen LogP contribution is -2.46. The number of hydrogen-bond acceptors (Lipinski definition) is 4. The van der Waals surface area contributed by atoms with Gasteiger partial charge in [-0.15, -0.1) is 0 Å². The van der Waals surface area contributed by atoms with Crippen LogP contribution in [0.15, 0.2) is 79.0 Å². The highest BCUT2D eigenvalue weighted by molar-refractivity contribution is 6.00. The first-order valence-corrected chi connectivity index (χ1v) is 11.3. The fourth-order valence-electron chi connectivity index (χ4n) is 4.58. The number of hydrogen-bond donors (Lipinski definition) is 1. The molecule has 1 aliphatic heterocycles. The number of rotatable bonds is 5. The molecule has 1 N–H and O–H groups in total. The van der Waals surface area contributed by atoms with Gasteiger partial charge in [0.1, 0.15) is 0 Å². The Morgan fingerprint density at radius 2 is 1.86 bits per heavy atom. The monoisotopic (exact) mass is 485 g/mol. The molecular weight excluding hydrogens is 464 g/mol. The van der Waals surface area contributed by atoms with Crippen molar-refractivity contribution in [3.8, 4) is 11.8 Å². The van der Waals surface area contributed by atoms with Gasteiger partial charge in [0, 0.05) is 24.4 Å². The summed E-state index contributed by atoms with van der Waals surface area (Å²) in [6.45, 7) is 0.534. The Hall–Kier alpha value is -4.58. The van der Waals surface area contributed by atoms with Crippen LogP contribution in [0.4, 0.5) is 14.5 Å². The third kappa shape index (κ3) is 4.18. The fourth-order valence-corrected chi connectivity index (χ4v) is 4.58. The molecule has 9 heteroatoms. The molecule has 0 spiro atoms. The smallest absolute Gasteiger partial charge is 0.321 e. The summed E-state index contributed by atoms with van der Waals surface area (Å²) in [5.74, 6) is -5.27. The number of nitriles is 1. The molecular formula is C27H21F2N5O2. The number of carbonyl (C=O) groups excluding carboxylic acids is 2. The zero-order valence-corrected chi connectivity index (χ0v) is 19.2. The van der Waals surface area contributed by atoms with Crippen LogP contribution in [0.5, 0.6) is 0 Å². The van der Waals surface area contributed by atoms with Gasteiger partial charge in [0.05, 0.1) is 41.1 Å². The van der Waals surface area contributed by atoms with Gasteiger partial charge in [-0.1, -0.05) is 36.4 Å². The third-order valence-electron chi connectivity index (χ3n) is 6.23. The molecule has 1 saturated heterocycles. The maximum absolute atomic E-state index is 13.6. The lowest BCUT2D eigenvalue weighted by atomic mass is 9.99. The molecule has 4 aromatic rings. The quantitative estimate of drug-likeness (QED) is 0.450. The summed E-state index contributed by atoms with van der Waals surface area (Å²) in [6.07, 6.45) is 1.55. The lowest BCUT2D eigenvalue weighted by Gasteiger charge is -2.29. The Labute approximate surface area is 205 Å². The average molecular weight is 485 g/mol. The highest BCUT2D eigenvalue weighted by Gasteiger charge is 2.45. The van der Waals surface area contributed by atoms with E-state index in [0.29, 0.717) is 18.2 Å². The van der Waals surface area contributed by atoms with Gasteiger partial charge < -0.3 is 10.2 Å². The second-order valence-corrected chi connectivity index (χ2v) is 8.75. The summed E-state index contributed by atoms with van der Waals surface area (Å²) >= 11 is 0. The van der Waals surface area contributed by atoms with Crippen LogP contribution < -0.4 is 10.2 Å². The van der Waals surface area contributed by atoms with E-state index < -0.39 is 23.9 Å². The number of nitrogens with zero attached hydrogens (tertiary/aromatic N) is 4. The van der Waals surface area contributed by atoms with Crippen molar-refractivity contribution in [2.24, 2.45) is 0 Å². The van der Waals surface area contributed by atoms with Crippen LogP contribution >= 0.6 is 0 Å². The Morgan fingerprint density at radius 1 is 1.08 bits per heavy atom. The molecule has 1 aliphatic rings. The van der Waals surface area contributed by atoms with E-state index in [4.69, 9.17) is 0 Å². The van der Waals surface area contributed by atoms with Crippen molar-refractivity contribution in [3.63, 3.8) is 0 Å². The maximum atomic E-state index is 13.6. The summed E-state index contributed by atoms with van der Waals surface area (Å²) < 4.78 is 29.0. The van der Waals surface area contributed by atoms with Crippen LogP contribution in [0.1, 0.15) is 30.5 Å². The second-order valence-electron chi connectivity index (χ2n) is 8.75. The van der Waals surface area contributed by atoms with Crippen molar-refractivity contribution in [2.75, 3.05) is 4.90 Å². The van der Waals surface area contributed by atoms with Crippen LogP contribution in [-0.4, -0.2) is 33.6 Å². The first-order valence-electron chi connectivity index (χ1n) is 11.3. The number of halogens is 2. The highest BCUT2D eigenvalue weighted by Crippen LogP contribution is 2.39. The minimum absolute atomic E-state index is 0.111. The van der Waals surface area contributed by atoms with Crippen molar-refractivity contribution in [2.45, 2.75) is 31.4 Å². The largest absolute Gasteiger partial charge is 0.345 e. The molecule has 0 bridgehead atoms. The fraction of sp³-hybridized carbons (Fsp3) is 0.185. The molecule has 3 aromatic carbocycles. The molecule has 0 aliphatic carbocycles. The van der Waals surface area contributed by atoms with Crippen molar-refractivity contribution in [3.05, 3.63) is 90.1 Å². The summed E-state index contributed by atoms with van der Waals surface area (Å²) in [5.41, 5.74) is 3.28. The molecule has 1 aromatic heterocycles. The van der Waals surface area contributed by atoms with E-state index >= 15 is 0 Å². The Morgan fingerprint density at radius 3 is 2.58 bits per heavy atom. The summed E-state index contributed by atoms with van der Waals surface area (Å²) in [5, 5.41) is 16.8. The summed E-state index contributed by atoms with van der Waals surface area (Å²) in [6, 6.07) is 22.1. The number of aromatic nitrogens is 2. The van der Waals surface area contributed by atoms with E-state index in [-0.39, 0.29) is 12.3 Å². The molecule has 2 amide bonds. The first kappa shape index (κ1) is 23.2. The molecule has 0 saturated carbocycles. The highest BCUT2D eigenvalue weighted by atomic mass is 19.3. The number of amides is 2. The lowest BCUT2D eigenvalue weighted by molar-refractivity contribution is -0.143. The summed E-state index contributed by atoms with van der Waals surface area (Å²) in [4.78, 5) is 26.8. The predicted molar refractivity (Wildman–Crippen MR) is 130 cm³/mol. The van der Waals surface area contributed by atoms with Crippen molar-refractivity contribution < 1.29 is 18.4 Å². The van der Waals surface area contributed by atoms with Crippen LogP contribution in [0.3, 0.4) is 0 Å². The van der Waals surface area contributed by atoms with Gasteiger partial charge in [-0.3, -0.25) is 9.59 Å². The molecule has 0 radical (unpaired) electrons. The van der Waals surface area contributed by atoms with E-state index in [9.17, 15) is 23.6 Å². The van der Waals surface area contributed by atoms with Crippen molar-refractivity contribution >= 4 is 28.4 Å². The molecule has 2 atom stereocenters. The minimum Gasteiger partial charge on any atom is -0.345 e. The Kier molecular flexibility index (Phi) is 5.72. The van der Waals surface area contributed by atoms with Crippen LogP contribution in [-0.2, 0) is 9.59 Å². The van der Waals surface area contributed by atoms with Gasteiger partial charge >= 0.3 is 5.92 Å². The maximum Gasteiger partial charge on any atom is 0.321 e. The van der Waals surface area contributed by atoms with Crippen molar-refractivity contribution in [1.29, 1.82) is 5.26 Å². The van der Waals surface area contributed by atoms with E-state index in [1.165, 1.54) is 0 Å². The predicted octanol–water partition coefficient (Wildman–Crippen LogP) is 4.52. The minimum atomic E-state index is -3.56. The number of nitrogens with one attached hydrogen (secondary N) is 1.